The summed E-state index contributed by atoms with van der Waals surface area (Å²) in [6, 6.07) is 17.4. The first-order valence-electron chi connectivity index (χ1n) is 9.63. The van der Waals surface area contributed by atoms with Crippen LogP contribution >= 0.6 is 0 Å². The molecule has 3 aromatic rings. The molecule has 3 rings (SSSR count). The molecule has 146 valence electrons. The van der Waals surface area contributed by atoms with Crippen LogP contribution in [-0.4, -0.2) is 24.0 Å². The van der Waals surface area contributed by atoms with Gasteiger partial charge in [-0.1, -0.05) is 38.1 Å². The highest BCUT2D eigenvalue weighted by Crippen LogP contribution is 2.20. The van der Waals surface area contributed by atoms with Gasteiger partial charge in [0.2, 0.25) is 5.91 Å². The molecule has 5 heteroatoms. The Kier molecular flexibility index (Phi) is 6.48. The number of fused-ring (bicyclic) bond motifs is 1. The number of aromatic amines is 1. The molecular weight excluding hydrogens is 352 g/mol. The number of amides is 1. The molecule has 0 aliphatic carbocycles. The average Bonchev–Trinajstić information content (AvgIpc) is 2.68. The highest BCUT2D eigenvalue weighted by atomic mass is 16.5. The molecule has 0 fully saturated rings. The third-order valence-electron chi connectivity index (χ3n) is 4.67. The van der Waals surface area contributed by atoms with Crippen LogP contribution in [-0.2, 0) is 11.2 Å². The second-order valence-electron chi connectivity index (χ2n) is 7.14. The number of H-pyrrole nitrogens is 1. The van der Waals surface area contributed by atoms with E-state index in [0.29, 0.717) is 31.1 Å². The summed E-state index contributed by atoms with van der Waals surface area (Å²) in [6.07, 6.45) is 0.767. The summed E-state index contributed by atoms with van der Waals surface area (Å²) < 4.78 is 5.52. The lowest BCUT2D eigenvalue weighted by molar-refractivity contribution is -0.121. The predicted octanol–water partition coefficient (Wildman–Crippen LogP) is 3.78. The van der Waals surface area contributed by atoms with Gasteiger partial charge in [0.05, 0.1) is 13.0 Å². The third-order valence-corrected chi connectivity index (χ3v) is 4.67. The molecule has 0 atom stereocenters. The van der Waals surface area contributed by atoms with Crippen LogP contribution < -0.4 is 15.6 Å². The van der Waals surface area contributed by atoms with Crippen LogP contribution in [0.15, 0.2) is 59.4 Å². The summed E-state index contributed by atoms with van der Waals surface area (Å²) in [5.74, 6) is 1.09. The molecule has 0 unspecified atom stereocenters. The summed E-state index contributed by atoms with van der Waals surface area (Å²) >= 11 is 0. The molecule has 0 aliphatic heterocycles. The Morgan fingerprint density at radius 2 is 1.89 bits per heavy atom. The topological polar surface area (TPSA) is 71.2 Å². The van der Waals surface area contributed by atoms with E-state index >= 15 is 0 Å². The van der Waals surface area contributed by atoms with E-state index < -0.39 is 0 Å². The first kappa shape index (κ1) is 19.7. The highest BCUT2D eigenvalue weighted by molar-refractivity contribution is 5.80. The summed E-state index contributed by atoms with van der Waals surface area (Å²) in [5, 5.41) is 3.87. The van der Waals surface area contributed by atoms with Crippen LogP contribution in [0.1, 0.15) is 37.3 Å². The minimum absolute atomic E-state index is 0.0877. The molecule has 0 aliphatic rings. The lowest BCUT2D eigenvalue weighted by atomic mass is 10.0. The van der Waals surface area contributed by atoms with Gasteiger partial charge in [0.1, 0.15) is 5.75 Å². The molecule has 5 nitrogen and oxygen atoms in total. The van der Waals surface area contributed by atoms with Crippen LogP contribution in [0.4, 0.5) is 0 Å². The van der Waals surface area contributed by atoms with Crippen LogP contribution in [0.3, 0.4) is 0 Å². The number of nitrogens with one attached hydrogen (secondary N) is 2. The Hall–Kier alpha value is -3.08. The van der Waals surface area contributed by atoms with Gasteiger partial charge >= 0.3 is 0 Å². The van der Waals surface area contributed by atoms with Crippen LogP contribution in [0.2, 0.25) is 0 Å². The Labute approximate surface area is 164 Å². The van der Waals surface area contributed by atoms with Crippen molar-refractivity contribution < 1.29 is 9.53 Å². The number of aromatic nitrogens is 1. The maximum absolute atomic E-state index is 12.3. The first-order chi connectivity index (χ1) is 13.5. The Bertz CT molecular complexity index is 994. The van der Waals surface area contributed by atoms with Gasteiger partial charge in [-0.05, 0) is 53.6 Å². The van der Waals surface area contributed by atoms with Gasteiger partial charge in [0.25, 0.3) is 5.56 Å². The lowest BCUT2D eigenvalue weighted by Gasteiger charge is -2.09. The Morgan fingerprint density at radius 1 is 1.11 bits per heavy atom. The van der Waals surface area contributed by atoms with Crippen molar-refractivity contribution in [3.63, 3.8) is 0 Å². The molecule has 1 heterocycles. The van der Waals surface area contributed by atoms with Crippen molar-refractivity contribution in [3.05, 3.63) is 76.1 Å². The first-order valence-corrected chi connectivity index (χ1v) is 9.63. The number of carbonyl (C=O) groups excluding carboxylic acids is 1. The minimum atomic E-state index is -0.105. The smallest absolute Gasteiger partial charge is 0.251 e. The fourth-order valence-corrected chi connectivity index (χ4v) is 3.02. The van der Waals surface area contributed by atoms with Gasteiger partial charge in [0.15, 0.2) is 0 Å². The number of carbonyl (C=O) groups is 1. The number of ether oxygens (including phenoxy) is 1. The van der Waals surface area contributed by atoms with Crippen LogP contribution in [0.25, 0.3) is 10.9 Å². The van der Waals surface area contributed by atoms with Gasteiger partial charge in [-0.25, -0.2) is 0 Å². The second-order valence-corrected chi connectivity index (χ2v) is 7.14. The summed E-state index contributed by atoms with van der Waals surface area (Å²) in [5.41, 5.74) is 2.64. The highest BCUT2D eigenvalue weighted by Gasteiger charge is 2.07. The van der Waals surface area contributed by atoms with Crippen molar-refractivity contribution in [3.8, 4) is 5.75 Å². The van der Waals surface area contributed by atoms with Gasteiger partial charge in [-0.2, -0.15) is 0 Å². The molecule has 0 saturated heterocycles. The second kappa shape index (κ2) is 9.22. The molecular formula is C23H26N2O3. The number of rotatable bonds is 8. The maximum Gasteiger partial charge on any atom is 0.251 e. The number of pyridine rings is 1. The van der Waals surface area contributed by atoms with Crippen molar-refractivity contribution in [2.75, 3.05) is 13.2 Å². The molecule has 0 spiro atoms. The SMILES string of the molecule is CC(C)c1ccc2[nH]c(=O)c(CCNC(=O)CCOc3ccccc3)cc2c1. The van der Waals surface area contributed by atoms with Gasteiger partial charge in [0, 0.05) is 17.6 Å². The van der Waals surface area contributed by atoms with E-state index in [1.807, 2.05) is 48.5 Å². The van der Waals surface area contributed by atoms with E-state index in [9.17, 15) is 9.59 Å². The number of hydrogen-bond donors (Lipinski definition) is 2. The molecule has 2 aromatic carbocycles. The van der Waals surface area contributed by atoms with E-state index in [0.717, 1.165) is 16.7 Å². The monoisotopic (exact) mass is 378 g/mol. The molecule has 0 saturated carbocycles. The molecule has 1 amide bonds. The van der Waals surface area contributed by atoms with Crippen molar-refractivity contribution in [2.45, 2.75) is 32.6 Å². The van der Waals surface area contributed by atoms with Crippen molar-refractivity contribution in [2.24, 2.45) is 0 Å². The number of para-hydroxylation sites is 1. The van der Waals surface area contributed by atoms with E-state index in [1.54, 1.807) is 0 Å². The van der Waals surface area contributed by atoms with E-state index in [-0.39, 0.29) is 17.9 Å². The summed E-state index contributed by atoms with van der Waals surface area (Å²) in [7, 11) is 0. The standard InChI is InChI=1S/C23H26N2O3/c1-16(2)17-8-9-21-19(14-17)15-18(23(27)25-21)10-12-24-22(26)11-13-28-20-6-4-3-5-7-20/h3-9,14-16H,10-13H2,1-2H3,(H,24,26)(H,25,27). The van der Waals surface area contributed by atoms with Gasteiger partial charge < -0.3 is 15.0 Å². The zero-order valence-electron chi connectivity index (χ0n) is 16.3. The van der Waals surface area contributed by atoms with Crippen molar-refractivity contribution >= 4 is 16.8 Å². The van der Waals surface area contributed by atoms with Crippen molar-refractivity contribution in [1.29, 1.82) is 0 Å². The van der Waals surface area contributed by atoms with Crippen LogP contribution in [0, 0.1) is 0 Å². The van der Waals surface area contributed by atoms with E-state index in [1.165, 1.54) is 5.56 Å². The summed E-state index contributed by atoms with van der Waals surface area (Å²) in [6.45, 7) is 5.03. The van der Waals surface area contributed by atoms with E-state index in [4.69, 9.17) is 4.74 Å². The maximum atomic E-state index is 12.3. The molecule has 0 bridgehead atoms. The summed E-state index contributed by atoms with van der Waals surface area (Å²) in [4.78, 5) is 27.2. The number of hydrogen-bond acceptors (Lipinski definition) is 3. The Morgan fingerprint density at radius 3 is 2.64 bits per heavy atom. The van der Waals surface area contributed by atoms with Crippen LogP contribution in [0.5, 0.6) is 5.75 Å². The fourth-order valence-electron chi connectivity index (χ4n) is 3.02. The largest absolute Gasteiger partial charge is 0.493 e. The molecule has 2 N–H and O–H groups in total. The minimum Gasteiger partial charge on any atom is -0.493 e. The zero-order valence-corrected chi connectivity index (χ0v) is 16.3. The average molecular weight is 378 g/mol. The zero-order chi connectivity index (χ0) is 19.9. The van der Waals surface area contributed by atoms with Gasteiger partial charge in [-0.15, -0.1) is 0 Å². The quantitative estimate of drug-likeness (QED) is 0.627. The predicted molar refractivity (Wildman–Crippen MR) is 112 cm³/mol. The third kappa shape index (κ3) is 5.22. The molecule has 1 aromatic heterocycles. The molecule has 28 heavy (non-hydrogen) atoms. The van der Waals surface area contributed by atoms with Crippen molar-refractivity contribution in [1.82, 2.24) is 10.3 Å². The molecule has 0 radical (unpaired) electrons. The number of benzene rings is 2. The fraction of sp³-hybridized carbons (Fsp3) is 0.304. The normalized spacial score (nSPS) is 11.0. The Balaban J connectivity index is 1.52. The van der Waals surface area contributed by atoms with Gasteiger partial charge in [-0.3, -0.25) is 9.59 Å². The lowest BCUT2D eigenvalue weighted by Crippen LogP contribution is -2.28. The van der Waals surface area contributed by atoms with E-state index in [2.05, 4.69) is 30.2 Å².